The number of aromatic nitrogens is 2. The summed E-state index contributed by atoms with van der Waals surface area (Å²) in [5.41, 5.74) is 4.37. The summed E-state index contributed by atoms with van der Waals surface area (Å²) in [6.45, 7) is 0. The van der Waals surface area contributed by atoms with E-state index in [0.717, 1.165) is 56.1 Å². The molecule has 2 aromatic carbocycles. The van der Waals surface area contributed by atoms with E-state index in [4.69, 9.17) is 23.2 Å². The maximum atomic E-state index is 6.34. The second kappa shape index (κ2) is 16.5. The molecule has 0 saturated heterocycles. The lowest BCUT2D eigenvalue weighted by molar-refractivity contribution is -0.644. The Kier molecular flexibility index (Phi) is 14.4. The number of hydrogen-bond donors (Lipinski definition) is 2. The zero-order chi connectivity index (χ0) is 27.1. The third kappa shape index (κ3) is 9.16. The van der Waals surface area contributed by atoms with E-state index in [1.54, 1.807) is 0 Å². The van der Waals surface area contributed by atoms with Gasteiger partial charge in [0.1, 0.15) is 14.1 Å². The molecule has 0 fully saturated rings. The van der Waals surface area contributed by atoms with Crippen molar-refractivity contribution in [3.05, 3.63) is 71.0 Å². The van der Waals surface area contributed by atoms with Crippen molar-refractivity contribution < 1.29 is 20.1 Å². The van der Waals surface area contributed by atoms with E-state index < -0.39 is 3.67 Å². The lowest BCUT2D eigenvalue weighted by Gasteiger charge is -2.33. The largest absolute Gasteiger partial charge is 0.412 e. The maximum absolute atomic E-state index is 6.34. The van der Waals surface area contributed by atoms with E-state index in [9.17, 15) is 0 Å². The summed E-state index contributed by atoms with van der Waals surface area (Å²) < 4.78 is 5.10. The van der Waals surface area contributed by atoms with Crippen molar-refractivity contribution in [2.24, 2.45) is 14.1 Å². The highest BCUT2D eigenvalue weighted by atomic mass is 127. The molecule has 0 aliphatic heterocycles. The number of halogens is 4. The van der Waals surface area contributed by atoms with E-state index >= 15 is 0 Å². The van der Waals surface area contributed by atoms with Gasteiger partial charge in [-0.3, -0.25) is 0 Å². The fourth-order valence-electron chi connectivity index (χ4n) is 4.91. The van der Waals surface area contributed by atoms with Crippen molar-refractivity contribution in [3.8, 4) is 0 Å². The molecule has 2 aromatic heterocycles. The summed E-state index contributed by atoms with van der Waals surface area (Å²) in [5, 5.41) is 11.6. The first-order valence-electron chi connectivity index (χ1n) is 13.3. The Hall–Kier alpha value is -1.18. The molecular weight excluding hydrogens is 773 g/mol. The molecule has 0 amide bonds. The quantitative estimate of drug-likeness (QED) is 0.0366. The zero-order valence-electron chi connectivity index (χ0n) is 23.0. The minimum Gasteiger partial charge on any atom is -0.412 e. The van der Waals surface area contributed by atoms with Gasteiger partial charge in [-0.05, 0) is 70.5 Å². The lowest BCUT2D eigenvalue weighted by atomic mass is 10.1. The van der Waals surface area contributed by atoms with Crippen molar-refractivity contribution in [3.63, 3.8) is 0 Å². The van der Waals surface area contributed by atoms with Crippen molar-refractivity contribution >= 4 is 102 Å². The van der Waals surface area contributed by atoms with Crippen LogP contribution in [0.3, 0.4) is 0 Å². The van der Waals surface area contributed by atoms with Crippen molar-refractivity contribution in [2.45, 2.75) is 55.0 Å². The van der Waals surface area contributed by atoms with Crippen LogP contribution in [0.25, 0.3) is 21.8 Å². The molecule has 0 saturated carbocycles. The van der Waals surface area contributed by atoms with Gasteiger partial charge in [0.2, 0.25) is 11.0 Å². The van der Waals surface area contributed by atoms with Crippen LogP contribution in [0.15, 0.2) is 60.9 Å². The monoisotopic (exact) mass is 812 g/mol. The average molecular weight is 813 g/mol. The molecule has 0 aliphatic carbocycles. The first-order valence-corrected chi connectivity index (χ1v) is 16.6. The number of fused-ring (bicyclic) bond motifs is 2. The minimum atomic E-state index is -0.391. The Morgan fingerprint density at radius 2 is 1.10 bits per heavy atom. The molecule has 40 heavy (non-hydrogen) atoms. The molecule has 2 heterocycles. The SMILES string of the molecule is C[n+]1ccc(NC(I)(CCCCCCCCCI)Nc2cc[n+](C)c3cc(Cl)ccc23)c2ccc(Cl)cc21.O.O. The number of unbranched alkanes of at least 4 members (excludes halogenated alkanes) is 6. The molecule has 6 N–H and O–H groups in total. The first kappa shape index (κ1) is 35.0. The van der Waals surface area contributed by atoms with E-state index in [-0.39, 0.29) is 11.0 Å². The smallest absolute Gasteiger partial charge is 0.215 e. The Balaban J connectivity index is 0.00000280. The average Bonchev–Trinajstić information content (AvgIpc) is 2.89. The number of pyridine rings is 2. The van der Waals surface area contributed by atoms with Crippen LogP contribution in [0.2, 0.25) is 10.0 Å². The summed E-state index contributed by atoms with van der Waals surface area (Å²) in [6.07, 6.45) is 14.2. The lowest BCUT2D eigenvalue weighted by Crippen LogP contribution is -2.41. The van der Waals surface area contributed by atoms with Gasteiger partial charge in [-0.15, -0.1) is 0 Å². The van der Waals surface area contributed by atoms with Gasteiger partial charge in [0, 0.05) is 34.3 Å². The number of hydrogen-bond acceptors (Lipinski definition) is 2. The second-order valence-corrected chi connectivity index (χ2v) is 13.8. The van der Waals surface area contributed by atoms with Crippen molar-refractivity contribution in [1.82, 2.24) is 0 Å². The number of nitrogens with zero attached hydrogens (tertiary/aromatic N) is 2. The molecule has 0 spiro atoms. The predicted molar refractivity (Wildman–Crippen MR) is 187 cm³/mol. The van der Waals surface area contributed by atoms with Crippen molar-refractivity contribution in [2.75, 3.05) is 15.1 Å². The number of benzene rings is 2. The normalized spacial score (nSPS) is 11.2. The summed E-state index contributed by atoms with van der Waals surface area (Å²) in [5.74, 6) is 0. The van der Waals surface area contributed by atoms with E-state index in [1.165, 1.54) is 43.0 Å². The Morgan fingerprint density at radius 3 is 1.55 bits per heavy atom. The molecular formula is C30H40Cl2I2N4O2+2. The highest BCUT2D eigenvalue weighted by Crippen LogP contribution is 2.35. The van der Waals surface area contributed by atoms with Crippen LogP contribution in [-0.4, -0.2) is 19.0 Å². The Bertz CT molecular complexity index is 1310. The minimum absolute atomic E-state index is 0. The summed E-state index contributed by atoms with van der Waals surface area (Å²) in [7, 11) is 4.11. The molecule has 218 valence electrons. The number of rotatable bonds is 13. The van der Waals surface area contributed by atoms with Crippen LogP contribution in [0, 0.1) is 0 Å². The highest BCUT2D eigenvalue weighted by Gasteiger charge is 2.29. The van der Waals surface area contributed by atoms with E-state index in [1.807, 2.05) is 24.3 Å². The first-order chi connectivity index (χ1) is 18.3. The van der Waals surface area contributed by atoms with E-state index in [0.29, 0.717) is 0 Å². The molecule has 0 unspecified atom stereocenters. The van der Waals surface area contributed by atoms with Gasteiger partial charge >= 0.3 is 0 Å². The van der Waals surface area contributed by atoms with Crippen LogP contribution < -0.4 is 19.8 Å². The molecule has 6 nitrogen and oxygen atoms in total. The topological polar surface area (TPSA) is 94.8 Å². The summed E-state index contributed by atoms with van der Waals surface area (Å²) in [4.78, 5) is 0. The third-order valence-corrected chi connectivity index (χ3v) is 9.32. The van der Waals surface area contributed by atoms with Crippen LogP contribution in [0.4, 0.5) is 11.4 Å². The fraction of sp³-hybridized carbons (Fsp3) is 0.400. The predicted octanol–water partition coefficient (Wildman–Crippen LogP) is 7.47. The zero-order valence-corrected chi connectivity index (χ0v) is 28.9. The van der Waals surface area contributed by atoms with Gasteiger partial charge in [0.05, 0.1) is 22.1 Å². The van der Waals surface area contributed by atoms with Gasteiger partial charge in [0.15, 0.2) is 16.1 Å². The summed E-state index contributed by atoms with van der Waals surface area (Å²) >= 11 is 17.7. The number of nitrogens with one attached hydrogen (secondary N) is 2. The molecule has 0 radical (unpaired) electrons. The molecule has 0 aliphatic rings. The molecule has 0 atom stereocenters. The van der Waals surface area contributed by atoms with Gasteiger partial charge in [-0.2, -0.15) is 0 Å². The standard InChI is InChI=1S/C30H34Cl2I2N4.2H2O/c1-37-18-14-26(24-12-10-22(31)20-28(24)37)35-30(34,16-8-6-4-3-5-7-9-17-33)36-27-15-19-38(2)29-21-23(32)11-13-25(27)29;;/h10-15,18-21H,3-9,16-17H2,1-2H3;2*1H2/p+2. The number of alkyl halides is 2. The van der Waals surface area contributed by atoms with Crippen molar-refractivity contribution in [1.29, 1.82) is 0 Å². The van der Waals surface area contributed by atoms with Gasteiger partial charge in [-0.1, -0.05) is 77.9 Å². The maximum Gasteiger partial charge on any atom is 0.215 e. The van der Waals surface area contributed by atoms with Crippen LogP contribution >= 0.6 is 68.4 Å². The van der Waals surface area contributed by atoms with Crippen LogP contribution in [0.5, 0.6) is 0 Å². The highest BCUT2D eigenvalue weighted by molar-refractivity contribution is 14.1. The Labute approximate surface area is 274 Å². The third-order valence-electron chi connectivity index (χ3n) is 7.01. The molecule has 0 bridgehead atoms. The Morgan fingerprint density at radius 1 is 0.675 bits per heavy atom. The van der Waals surface area contributed by atoms with Gasteiger partial charge < -0.3 is 21.6 Å². The van der Waals surface area contributed by atoms with E-state index in [2.05, 4.69) is 116 Å². The van der Waals surface area contributed by atoms with Crippen LogP contribution in [-0.2, 0) is 14.1 Å². The van der Waals surface area contributed by atoms with Gasteiger partial charge in [-0.25, -0.2) is 9.13 Å². The summed E-state index contributed by atoms with van der Waals surface area (Å²) in [6, 6.07) is 16.5. The second-order valence-electron chi connectivity index (χ2n) is 9.97. The van der Waals surface area contributed by atoms with Crippen LogP contribution in [0.1, 0.15) is 51.4 Å². The molecule has 10 heteroatoms. The van der Waals surface area contributed by atoms with Gasteiger partial charge in [0.25, 0.3) is 0 Å². The molecule has 4 rings (SSSR count). The fourth-order valence-corrected chi connectivity index (χ4v) is 6.74. The number of aryl methyl sites for hydroxylation is 2. The number of anilines is 2. The molecule has 4 aromatic rings.